The molecule has 1 fully saturated rings. The third-order valence-corrected chi connectivity index (χ3v) is 6.35. The number of cyclic esters (lactones) is 1. The number of halogens is 2. The smallest absolute Gasteiger partial charge is 0.414 e. The number of ether oxygens (including phenoxy) is 1. The third kappa shape index (κ3) is 4.09. The lowest BCUT2D eigenvalue weighted by molar-refractivity contribution is 0.147. The minimum absolute atomic E-state index is 0.0262. The van der Waals surface area contributed by atoms with Gasteiger partial charge in [0, 0.05) is 27.1 Å². The van der Waals surface area contributed by atoms with Crippen LogP contribution in [0, 0.1) is 16.4 Å². The van der Waals surface area contributed by atoms with Crippen molar-refractivity contribution in [1.29, 1.82) is 4.78 Å². The van der Waals surface area contributed by atoms with E-state index in [0.717, 1.165) is 17.0 Å². The van der Waals surface area contributed by atoms with E-state index in [2.05, 4.69) is 10.5 Å². The van der Waals surface area contributed by atoms with Gasteiger partial charge in [0.05, 0.1) is 24.5 Å². The van der Waals surface area contributed by atoms with Crippen LogP contribution in [0.1, 0.15) is 12.0 Å². The maximum atomic E-state index is 14.7. The Bertz CT molecular complexity index is 1050. The first-order chi connectivity index (χ1) is 13.8. The minimum Gasteiger partial charge on any atom is -0.442 e. The standard InChI is InChI=1S/C18H18F2N4O4S/c19-14-7-12(8-15(20)17(14)11-2-5-29(21,26)6-3-11)24-10-13(28-18(24)25)9-22-16-1-4-27-23-16/h1-2,4,7-8,13,21H,3,5-6,9-10H2,(H,22,23). The van der Waals surface area contributed by atoms with E-state index in [1.807, 2.05) is 0 Å². The van der Waals surface area contributed by atoms with Gasteiger partial charge in [-0.1, -0.05) is 11.2 Å². The lowest BCUT2D eigenvalue weighted by Gasteiger charge is -2.19. The highest BCUT2D eigenvalue weighted by atomic mass is 32.2. The van der Waals surface area contributed by atoms with Crippen molar-refractivity contribution in [2.24, 2.45) is 0 Å². The maximum absolute atomic E-state index is 14.7. The molecular formula is C18H18F2N4O4S. The summed E-state index contributed by atoms with van der Waals surface area (Å²) in [7, 11) is -2.71. The molecule has 0 spiro atoms. The first kappa shape index (κ1) is 19.4. The van der Waals surface area contributed by atoms with E-state index < -0.39 is 33.6 Å². The molecular weight excluding hydrogens is 406 g/mol. The first-order valence-electron chi connectivity index (χ1n) is 8.87. The van der Waals surface area contributed by atoms with E-state index in [1.54, 1.807) is 6.07 Å². The topological polar surface area (TPSA) is 109 Å². The molecule has 0 aliphatic carbocycles. The summed E-state index contributed by atoms with van der Waals surface area (Å²) in [5, 5.41) is 6.62. The number of rotatable bonds is 5. The first-order valence-corrected chi connectivity index (χ1v) is 10.8. The maximum Gasteiger partial charge on any atom is 0.414 e. The van der Waals surface area contributed by atoms with Crippen LogP contribution < -0.4 is 10.2 Å². The quantitative estimate of drug-likeness (QED) is 0.763. The summed E-state index contributed by atoms with van der Waals surface area (Å²) in [5.74, 6) is -1.11. The third-order valence-electron chi connectivity index (χ3n) is 4.78. The Hall–Kier alpha value is -2.95. The fraction of sp³-hybridized carbons (Fsp3) is 0.333. The number of hydrogen-bond acceptors (Lipinski definition) is 7. The SMILES string of the molecule is N=S1(=O)CC=C(c2c(F)cc(N3CC(CNc4ccon4)OC3=O)cc2F)CC1. The van der Waals surface area contributed by atoms with Gasteiger partial charge in [-0.3, -0.25) is 9.68 Å². The van der Waals surface area contributed by atoms with Crippen molar-refractivity contribution in [3.05, 3.63) is 47.7 Å². The highest BCUT2D eigenvalue weighted by Crippen LogP contribution is 2.32. The van der Waals surface area contributed by atoms with Crippen LogP contribution in [0.5, 0.6) is 0 Å². The average molecular weight is 424 g/mol. The van der Waals surface area contributed by atoms with E-state index in [4.69, 9.17) is 14.0 Å². The van der Waals surface area contributed by atoms with Crippen LogP contribution in [0.4, 0.5) is 25.1 Å². The van der Waals surface area contributed by atoms with E-state index in [9.17, 15) is 17.8 Å². The van der Waals surface area contributed by atoms with Crippen molar-refractivity contribution in [3.63, 3.8) is 0 Å². The Morgan fingerprint density at radius 1 is 1.34 bits per heavy atom. The van der Waals surface area contributed by atoms with Crippen molar-refractivity contribution in [2.45, 2.75) is 12.5 Å². The molecule has 8 nitrogen and oxygen atoms in total. The largest absolute Gasteiger partial charge is 0.442 e. The number of hydrogen-bond donors (Lipinski definition) is 2. The summed E-state index contributed by atoms with van der Waals surface area (Å²) < 4.78 is 58.6. The number of nitrogens with zero attached hydrogens (tertiary/aromatic N) is 2. The lowest BCUT2D eigenvalue weighted by Crippen LogP contribution is -2.27. The van der Waals surface area contributed by atoms with Gasteiger partial charge in [0.2, 0.25) is 0 Å². The van der Waals surface area contributed by atoms with E-state index in [-0.39, 0.29) is 42.3 Å². The minimum atomic E-state index is -2.71. The van der Waals surface area contributed by atoms with Crippen molar-refractivity contribution < 1.29 is 27.0 Å². The monoisotopic (exact) mass is 424 g/mol. The molecule has 0 bridgehead atoms. The van der Waals surface area contributed by atoms with E-state index >= 15 is 0 Å². The molecule has 2 aliphatic heterocycles. The molecule has 2 N–H and O–H groups in total. The number of anilines is 2. The highest BCUT2D eigenvalue weighted by Gasteiger charge is 2.33. The zero-order valence-corrected chi connectivity index (χ0v) is 16.0. The van der Waals surface area contributed by atoms with Crippen molar-refractivity contribution in [3.8, 4) is 0 Å². The van der Waals surface area contributed by atoms with Gasteiger partial charge < -0.3 is 14.6 Å². The molecule has 1 amide bonds. The highest BCUT2D eigenvalue weighted by molar-refractivity contribution is 7.92. The lowest BCUT2D eigenvalue weighted by atomic mass is 10.0. The van der Waals surface area contributed by atoms with Crippen LogP contribution in [0.25, 0.3) is 5.57 Å². The molecule has 154 valence electrons. The molecule has 2 atom stereocenters. The van der Waals surface area contributed by atoms with E-state index in [1.165, 1.54) is 12.3 Å². The molecule has 1 saturated heterocycles. The molecule has 2 aliphatic rings. The van der Waals surface area contributed by atoms with Gasteiger partial charge in [-0.25, -0.2) is 17.8 Å². The summed E-state index contributed by atoms with van der Waals surface area (Å²) in [6, 6.07) is 3.78. The molecule has 4 rings (SSSR count). The van der Waals surface area contributed by atoms with Crippen LogP contribution >= 0.6 is 0 Å². The Morgan fingerprint density at radius 3 is 2.72 bits per heavy atom. The summed E-state index contributed by atoms with van der Waals surface area (Å²) in [4.78, 5) is 13.3. The Balaban J connectivity index is 1.50. The number of benzene rings is 1. The van der Waals surface area contributed by atoms with Gasteiger partial charge >= 0.3 is 6.09 Å². The molecule has 1 aromatic heterocycles. The molecule has 29 heavy (non-hydrogen) atoms. The second kappa shape index (κ2) is 7.47. The fourth-order valence-corrected chi connectivity index (χ4v) is 4.49. The molecule has 2 unspecified atom stereocenters. The summed E-state index contributed by atoms with van der Waals surface area (Å²) in [5.41, 5.74) is 0.232. The van der Waals surface area contributed by atoms with Crippen molar-refractivity contribution >= 4 is 32.9 Å². The molecule has 0 radical (unpaired) electrons. The predicted octanol–water partition coefficient (Wildman–Crippen LogP) is 3.22. The molecule has 11 heteroatoms. The second-order valence-corrected chi connectivity index (χ2v) is 9.19. The van der Waals surface area contributed by atoms with Gasteiger partial charge in [-0.2, -0.15) is 0 Å². The average Bonchev–Trinajstić information content (AvgIpc) is 3.30. The fourth-order valence-electron chi connectivity index (χ4n) is 3.31. The molecule has 3 heterocycles. The predicted molar refractivity (Wildman–Crippen MR) is 102 cm³/mol. The van der Waals surface area contributed by atoms with E-state index in [0.29, 0.717) is 11.4 Å². The summed E-state index contributed by atoms with van der Waals surface area (Å²) in [6.07, 6.45) is 1.78. The van der Waals surface area contributed by atoms with Crippen LogP contribution in [-0.4, -0.2) is 46.2 Å². The normalized spacial score (nSPS) is 24.3. The summed E-state index contributed by atoms with van der Waals surface area (Å²) >= 11 is 0. The Morgan fingerprint density at radius 2 is 2.10 bits per heavy atom. The molecule has 1 aromatic carbocycles. The van der Waals surface area contributed by atoms with Gasteiger partial charge in [0.15, 0.2) is 5.82 Å². The van der Waals surface area contributed by atoms with Crippen molar-refractivity contribution in [1.82, 2.24) is 5.16 Å². The van der Waals surface area contributed by atoms with Crippen LogP contribution in [-0.2, 0) is 14.5 Å². The second-order valence-electron chi connectivity index (χ2n) is 6.83. The van der Waals surface area contributed by atoms with Gasteiger partial charge in [0.1, 0.15) is 24.0 Å². The zero-order valence-electron chi connectivity index (χ0n) is 15.2. The van der Waals surface area contributed by atoms with Gasteiger partial charge in [-0.05, 0) is 24.1 Å². The molecule has 0 saturated carbocycles. The van der Waals surface area contributed by atoms with Crippen LogP contribution in [0.3, 0.4) is 0 Å². The Kier molecular flexibility index (Phi) is 4.99. The number of amides is 1. The number of aromatic nitrogens is 1. The van der Waals surface area contributed by atoms with Gasteiger partial charge in [0.25, 0.3) is 0 Å². The van der Waals surface area contributed by atoms with Crippen LogP contribution in [0.15, 0.2) is 35.1 Å². The number of carbonyl (C=O) groups excluding carboxylic acids is 1. The van der Waals surface area contributed by atoms with Gasteiger partial charge in [-0.15, -0.1) is 0 Å². The number of nitrogens with one attached hydrogen (secondary N) is 2. The number of carbonyl (C=O) groups is 1. The van der Waals surface area contributed by atoms with Crippen molar-refractivity contribution in [2.75, 3.05) is 34.8 Å². The van der Waals surface area contributed by atoms with Crippen LogP contribution in [0.2, 0.25) is 0 Å². The Labute approximate surface area is 165 Å². The summed E-state index contributed by atoms with van der Waals surface area (Å²) in [6.45, 7) is 0.378. The number of allylic oxidation sites excluding steroid dienone is 1. The zero-order chi connectivity index (χ0) is 20.6. The molecule has 2 aromatic rings.